The summed E-state index contributed by atoms with van der Waals surface area (Å²) in [5.41, 5.74) is 0.645. The molecule has 4 nitrogen and oxygen atoms in total. The van der Waals surface area contributed by atoms with Gasteiger partial charge in [-0.2, -0.15) is 5.26 Å². The Labute approximate surface area is 118 Å². The van der Waals surface area contributed by atoms with E-state index in [9.17, 15) is 0 Å². The molecule has 0 radical (unpaired) electrons. The summed E-state index contributed by atoms with van der Waals surface area (Å²) in [6, 6.07) is 9.91. The van der Waals surface area contributed by atoms with Gasteiger partial charge in [0.05, 0.1) is 23.9 Å². The predicted octanol–water partition coefficient (Wildman–Crippen LogP) is 3.52. The number of nitriles is 1. The maximum atomic E-state index is 9.04. The van der Waals surface area contributed by atoms with E-state index in [1.165, 1.54) is 0 Å². The standard InChI is InChI=1S/C16H17N3O/c1-12-5-7-19(14(9-12)15-3-2-8-20-15)16-10-13(11-17)4-6-18-16/h2-4,6,8,10,12,14H,5,7,9H2,1H3/t12-,14-/m0/s1. The molecule has 0 aliphatic carbocycles. The Balaban J connectivity index is 1.95. The van der Waals surface area contributed by atoms with Crippen molar-refractivity contribution in [2.45, 2.75) is 25.8 Å². The zero-order valence-corrected chi connectivity index (χ0v) is 11.5. The second-order valence-electron chi connectivity index (χ2n) is 5.37. The molecule has 20 heavy (non-hydrogen) atoms. The van der Waals surface area contributed by atoms with Crippen LogP contribution in [-0.2, 0) is 0 Å². The van der Waals surface area contributed by atoms with Gasteiger partial charge in [0.2, 0.25) is 0 Å². The van der Waals surface area contributed by atoms with Crippen molar-refractivity contribution in [2.75, 3.05) is 11.4 Å². The van der Waals surface area contributed by atoms with E-state index in [0.29, 0.717) is 11.5 Å². The predicted molar refractivity (Wildman–Crippen MR) is 76.1 cm³/mol. The fraction of sp³-hybridized carbons (Fsp3) is 0.375. The average Bonchev–Trinajstić information content (AvgIpc) is 3.01. The molecule has 1 fully saturated rings. The number of hydrogen-bond donors (Lipinski definition) is 0. The summed E-state index contributed by atoms with van der Waals surface area (Å²) in [5, 5.41) is 9.04. The minimum absolute atomic E-state index is 0.204. The first-order chi connectivity index (χ1) is 9.78. The zero-order chi connectivity index (χ0) is 13.9. The SMILES string of the molecule is C[C@H]1CCN(c2cc(C#N)ccn2)[C@H](c2ccco2)C1. The van der Waals surface area contributed by atoms with E-state index in [1.807, 2.05) is 18.2 Å². The monoisotopic (exact) mass is 267 g/mol. The van der Waals surface area contributed by atoms with Crippen molar-refractivity contribution >= 4 is 5.82 Å². The summed E-state index contributed by atoms with van der Waals surface area (Å²) in [5.74, 6) is 2.50. The van der Waals surface area contributed by atoms with E-state index in [2.05, 4.69) is 22.9 Å². The fourth-order valence-electron chi connectivity index (χ4n) is 2.81. The lowest BCUT2D eigenvalue weighted by atomic mass is 9.91. The van der Waals surface area contributed by atoms with Crippen LogP contribution >= 0.6 is 0 Å². The first-order valence-corrected chi connectivity index (χ1v) is 6.94. The van der Waals surface area contributed by atoms with Crippen molar-refractivity contribution in [3.8, 4) is 6.07 Å². The van der Waals surface area contributed by atoms with E-state index in [1.54, 1.807) is 18.5 Å². The molecule has 0 amide bonds. The van der Waals surface area contributed by atoms with Crippen LogP contribution in [0, 0.1) is 17.2 Å². The second kappa shape index (κ2) is 5.38. The topological polar surface area (TPSA) is 53.1 Å². The van der Waals surface area contributed by atoms with Crippen LogP contribution in [0.2, 0.25) is 0 Å². The molecule has 3 rings (SSSR count). The molecule has 0 N–H and O–H groups in total. The van der Waals surface area contributed by atoms with Crippen molar-refractivity contribution in [2.24, 2.45) is 5.92 Å². The van der Waals surface area contributed by atoms with E-state index in [-0.39, 0.29) is 6.04 Å². The van der Waals surface area contributed by atoms with Gasteiger partial charge in [0.1, 0.15) is 11.6 Å². The molecule has 0 unspecified atom stereocenters. The van der Waals surface area contributed by atoms with Gasteiger partial charge in [-0.15, -0.1) is 0 Å². The van der Waals surface area contributed by atoms with Gasteiger partial charge in [0.15, 0.2) is 0 Å². The van der Waals surface area contributed by atoms with Gasteiger partial charge in [-0.3, -0.25) is 0 Å². The molecule has 3 heterocycles. The number of furan rings is 1. The number of piperidine rings is 1. The minimum atomic E-state index is 0.204. The first kappa shape index (κ1) is 12.7. The number of pyridine rings is 1. The highest BCUT2D eigenvalue weighted by Gasteiger charge is 2.30. The van der Waals surface area contributed by atoms with Gasteiger partial charge in [-0.05, 0) is 43.0 Å². The van der Waals surface area contributed by atoms with E-state index < -0.39 is 0 Å². The molecule has 1 aliphatic heterocycles. The number of nitrogens with zero attached hydrogens (tertiary/aromatic N) is 3. The van der Waals surface area contributed by atoms with Crippen LogP contribution in [0.3, 0.4) is 0 Å². The highest BCUT2D eigenvalue weighted by Crippen LogP contribution is 2.36. The van der Waals surface area contributed by atoms with Gasteiger partial charge in [-0.25, -0.2) is 4.98 Å². The minimum Gasteiger partial charge on any atom is -0.467 e. The van der Waals surface area contributed by atoms with Crippen molar-refractivity contribution in [3.05, 3.63) is 48.0 Å². The Morgan fingerprint density at radius 2 is 2.35 bits per heavy atom. The molecule has 2 aromatic rings. The third kappa shape index (κ3) is 2.39. The Morgan fingerprint density at radius 3 is 3.10 bits per heavy atom. The quantitative estimate of drug-likeness (QED) is 0.835. The van der Waals surface area contributed by atoms with Crippen LogP contribution in [0.25, 0.3) is 0 Å². The van der Waals surface area contributed by atoms with Gasteiger partial charge in [-0.1, -0.05) is 6.92 Å². The summed E-state index contributed by atoms with van der Waals surface area (Å²) in [6.07, 6.45) is 5.60. The Bertz CT molecular complexity index is 615. The van der Waals surface area contributed by atoms with E-state index >= 15 is 0 Å². The summed E-state index contributed by atoms with van der Waals surface area (Å²) in [7, 11) is 0. The number of hydrogen-bond acceptors (Lipinski definition) is 4. The number of aromatic nitrogens is 1. The molecule has 102 valence electrons. The smallest absolute Gasteiger partial charge is 0.130 e. The molecule has 4 heteroatoms. The second-order valence-corrected chi connectivity index (χ2v) is 5.37. The van der Waals surface area contributed by atoms with Crippen LogP contribution in [0.1, 0.15) is 37.1 Å². The lowest BCUT2D eigenvalue weighted by Crippen LogP contribution is -2.36. The largest absolute Gasteiger partial charge is 0.467 e. The number of rotatable bonds is 2. The summed E-state index contributed by atoms with van der Waals surface area (Å²) in [4.78, 5) is 6.68. The van der Waals surface area contributed by atoms with Crippen LogP contribution in [-0.4, -0.2) is 11.5 Å². The average molecular weight is 267 g/mol. The normalized spacial score (nSPS) is 22.5. The van der Waals surface area contributed by atoms with Gasteiger partial charge in [0.25, 0.3) is 0 Å². The van der Waals surface area contributed by atoms with Crippen molar-refractivity contribution < 1.29 is 4.42 Å². The summed E-state index contributed by atoms with van der Waals surface area (Å²) in [6.45, 7) is 3.21. The zero-order valence-electron chi connectivity index (χ0n) is 11.5. The molecule has 0 spiro atoms. The van der Waals surface area contributed by atoms with Crippen LogP contribution in [0.5, 0.6) is 0 Å². The highest BCUT2D eigenvalue weighted by molar-refractivity contribution is 5.47. The Hall–Kier alpha value is -2.28. The molecule has 1 saturated heterocycles. The van der Waals surface area contributed by atoms with Gasteiger partial charge >= 0.3 is 0 Å². The van der Waals surface area contributed by atoms with E-state index in [0.717, 1.165) is 31.0 Å². The maximum Gasteiger partial charge on any atom is 0.130 e. The molecule has 2 atom stereocenters. The summed E-state index contributed by atoms with van der Waals surface area (Å²) < 4.78 is 5.60. The van der Waals surface area contributed by atoms with Crippen LogP contribution < -0.4 is 4.90 Å². The maximum absolute atomic E-state index is 9.04. The molecule has 0 bridgehead atoms. The molecule has 0 saturated carbocycles. The summed E-state index contributed by atoms with van der Waals surface area (Å²) >= 11 is 0. The number of anilines is 1. The fourth-order valence-corrected chi connectivity index (χ4v) is 2.81. The van der Waals surface area contributed by atoms with Crippen molar-refractivity contribution in [3.63, 3.8) is 0 Å². The Kier molecular flexibility index (Phi) is 3.42. The van der Waals surface area contributed by atoms with Crippen molar-refractivity contribution in [1.82, 2.24) is 4.98 Å². The first-order valence-electron chi connectivity index (χ1n) is 6.94. The molecular formula is C16H17N3O. The van der Waals surface area contributed by atoms with Crippen LogP contribution in [0.4, 0.5) is 5.82 Å². The Morgan fingerprint density at radius 1 is 1.45 bits per heavy atom. The lowest BCUT2D eigenvalue weighted by molar-refractivity contribution is 0.327. The lowest BCUT2D eigenvalue weighted by Gasteiger charge is -2.38. The van der Waals surface area contributed by atoms with Crippen molar-refractivity contribution in [1.29, 1.82) is 5.26 Å². The third-order valence-electron chi connectivity index (χ3n) is 3.91. The molecule has 1 aliphatic rings. The van der Waals surface area contributed by atoms with Crippen LogP contribution in [0.15, 0.2) is 41.1 Å². The van der Waals surface area contributed by atoms with E-state index in [4.69, 9.17) is 9.68 Å². The molecule has 2 aromatic heterocycles. The molecule has 0 aromatic carbocycles. The third-order valence-corrected chi connectivity index (χ3v) is 3.91. The molecular weight excluding hydrogens is 250 g/mol. The van der Waals surface area contributed by atoms with Gasteiger partial charge in [0, 0.05) is 12.7 Å². The highest BCUT2D eigenvalue weighted by atomic mass is 16.3. The van der Waals surface area contributed by atoms with Gasteiger partial charge < -0.3 is 9.32 Å².